The van der Waals surface area contributed by atoms with Crippen LogP contribution in [0.5, 0.6) is 5.75 Å². The van der Waals surface area contributed by atoms with Crippen LogP contribution < -0.4 is 10.1 Å². The molecule has 1 saturated heterocycles. The van der Waals surface area contributed by atoms with E-state index in [-0.39, 0.29) is 6.03 Å². The van der Waals surface area contributed by atoms with Crippen molar-refractivity contribution in [2.75, 3.05) is 39.8 Å². The van der Waals surface area contributed by atoms with Crippen LogP contribution in [0.25, 0.3) is 0 Å². The molecular weight excluding hydrogens is 290 g/mol. The van der Waals surface area contributed by atoms with Crippen LogP contribution in [0.1, 0.15) is 25.8 Å². The summed E-state index contributed by atoms with van der Waals surface area (Å²) >= 11 is 0. The number of piperazine rings is 1. The molecule has 0 radical (unpaired) electrons. The molecule has 2 amide bonds. The Morgan fingerprint density at radius 1 is 1.30 bits per heavy atom. The third-order valence-electron chi connectivity index (χ3n) is 4.64. The second kappa shape index (κ2) is 8.77. The van der Waals surface area contributed by atoms with E-state index >= 15 is 0 Å². The molecule has 1 N–H and O–H groups in total. The van der Waals surface area contributed by atoms with Gasteiger partial charge < -0.3 is 15.0 Å². The quantitative estimate of drug-likeness (QED) is 0.875. The van der Waals surface area contributed by atoms with Gasteiger partial charge in [0.1, 0.15) is 5.75 Å². The number of carbonyl (C=O) groups excluding carboxylic acids is 1. The predicted molar refractivity (Wildman–Crippen MR) is 93.0 cm³/mol. The van der Waals surface area contributed by atoms with Gasteiger partial charge in [0.15, 0.2) is 0 Å². The highest BCUT2D eigenvalue weighted by molar-refractivity contribution is 5.74. The van der Waals surface area contributed by atoms with Gasteiger partial charge >= 0.3 is 6.03 Å². The Morgan fingerprint density at radius 2 is 2.04 bits per heavy atom. The van der Waals surface area contributed by atoms with Crippen molar-refractivity contribution < 1.29 is 9.53 Å². The summed E-state index contributed by atoms with van der Waals surface area (Å²) in [4.78, 5) is 16.6. The Hall–Kier alpha value is -1.75. The third kappa shape index (κ3) is 5.13. The molecule has 0 spiro atoms. The summed E-state index contributed by atoms with van der Waals surface area (Å²) in [7, 11) is 1.67. The van der Waals surface area contributed by atoms with Gasteiger partial charge in [-0.1, -0.05) is 19.1 Å². The zero-order valence-corrected chi connectivity index (χ0v) is 14.5. The van der Waals surface area contributed by atoms with Gasteiger partial charge in [-0.2, -0.15) is 0 Å². The van der Waals surface area contributed by atoms with Crippen molar-refractivity contribution in [3.63, 3.8) is 0 Å². The largest absolute Gasteiger partial charge is 0.497 e. The van der Waals surface area contributed by atoms with Crippen molar-refractivity contribution in [3.8, 4) is 5.75 Å². The van der Waals surface area contributed by atoms with Crippen LogP contribution in [-0.2, 0) is 6.42 Å². The summed E-state index contributed by atoms with van der Waals surface area (Å²) < 4.78 is 5.22. The molecule has 5 nitrogen and oxygen atoms in total. The van der Waals surface area contributed by atoms with E-state index in [4.69, 9.17) is 4.74 Å². The van der Waals surface area contributed by atoms with Crippen LogP contribution in [0, 0.1) is 0 Å². The second-order valence-corrected chi connectivity index (χ2v) is 6.11. The van der Waals surface area contributed by atoms with Gasteiger partial charge in [-0.3, -0.25) is 4.90 Å². The zero-order chi connectivity index (χ0) is 16.7. The van der Waals surface area contributed by atoms with Crippen molar-refractivity contribution >= 4 is 6.03 Å². The van der Waals surface area contributed by atoms with Crippen LogP contribution in [0.2, 0.25) is 0 Å². The number of urea groups is 1. The molecule has 23 heavy (non-hydrogen) atoms. The minimum Gasteiger partial charge on any atom is -0.497 e. The van der Waals surface area contributed by atoms with E-state index in [0.29, 0.717) is 12.6 Å². The maximum Gasteiger partial charge on any atom is 0.317 e. The Kier molecular flexibility index (Phi) is 6.71. The minimum absolute atomic E-state index is 0.0525. The lowest BCUT2D eigenvalue weighted by Gasteiger charge is -2.37. The second-order valence-electron chi connectivity index (χ2n) is 6.11. The standard InChI is InChI=1S/C18H29N3O2/c1-4-15(2)20-10-12-21(13-11-20)18(22)19-9-8-16-6-5-7-17(14-16)23-3/h5-7,14-15H,4,8-13H2,1-3H3,(H,19,22). The Bertz CT molecular complexity index is 499. The Balaban J connectivity index is 1.71. The molecule has 1 aliphatic rings. The fourth-order valence-corrected chi connectivity index (χ4v) is 2.88. The summed E-state index contributed by atoms with van der Waals surface area (Å²) in [6, 6.07) is 8.63. The van der Waals surface area contributed by atoms with Crippen LogP contribution in [0.15, 0.2) is 24.3 Å². The van der Waals surface area contributed by atoms with E-state index in [1.54, 1.807) is 7.11 Å². The fraction of sp³-hybridized carbons (Fsp3) is 0.611. The minimum atomic E-state index is 0.0525. The van der Waals surface area contributed by atoms with E-state index in [1.807, 2.05) is 23.1 Å². The van der Waals surface area contributed by atoms with Gasteiger partial charge in [0.25, 0.3) is 0 Å². The molecule has 0 aromatic heterocycles. The number of nitrogens with zero attached hydrogens (tertiary/aromatic N) is 2. The number of methoxy groups -OCH3 is 1. The molecule has 0 saturated carbocycles. The average Bonchev–Trinajstić information content (AvgIpc) is 2.61. The highest BCUT2D eigenvalue weighted by atomic mass is 16.5. The van der Waals surface area contributed by atoms with Crippen LogP contribution in [0.4, 0.5) is 4.79 Å². The van der Waals surface area contributed by atoms with Crippen molar-refractivity contribution in [1.29, 1.82) is 0 Å². The zero-order valence-electron chi connectivity index (χ0n) is 14.5. The number of hydrogen-bond acceptors (Lipinski definition) is 3. The van der Waals surface area contributed by atoms with Gasteiger partial charge in [0.05, 0.1) is 7.11 Å². The number of ether oxygens (including phenoxy) is 1. The SMILES string of the molecule is CCC(C)N1CCN(C(=O)NCCc2cccc(OC)c2)CC1. The molecule has 1 aromatic rings. The molecule has 2 rings (SSSR count). The number of carbonyl (C=O) groups is 1. The molecular formula is C18H29N3O2. The fourth-order valence-electron chi connectivity index (χ4n) is 2.88. The smallest absolute Gasteiger partial charge is 0.317 e. The lowest BCUT2D eigenvalue weighted by atomic mass is 10.1. The predicted octanol–water partition coefficient (Wildman–Crippen LogP) is 2.36. The summed E-state index contributed by atoms with van der Waals surface area (Å²) in [5.74, 6) is 0.856. The van der Waals surface area contributed by atoms with Crippen molar-refractivity contribution in [2.24, 2.45) is 0 Å². The average molecular weight is 319 g/mol. The molecule has 128 valence electrons. The highest BCUT2D eigenvalue weighted by Crippen LogP contribution is 2.13. The molecule has 0 aliphatic carbocycles. The van der Waals surface area contributed by atoms with Crippen molar-refractivity contribution in [2.45, 2.75) is 32.7 Å². The highest BCUT2D eigenvalue weighted by Gasteiger charge is 2.22. The van der Waals surface area contributed by atoms with E-state index in [1.165, 1.54) is 5.56 Å². The number of rotatable bonds is 6. The van der Waals surface area contributed by atoms with Gasteiger partial charge in [-0.15, -0.1) is 0 Å². The van der Waals surface area contributed by atoms with Gasteiger partial charge in [-0.05, 0) is 37.5 Å². The molecule has 1 unspecified atom stereocenters. The molecule has 5 heteroatoms. The molecule has 0 bridgehead atoms. The summed E-state index contributed by atoms with van der Waals surface area (Å²) in [5, 5.41) is 3.02. The van der Waals surface area contributed by atoms with E-state index < -0.39 is 0 Å². The van der Waals surface area contributed by atoms with Crippen molar-refractivity contribution in [3.05, 3.63) is 29.8 Å². The number of amides is 2. The molecule has 1 heterocycles. The molecule has 1 atom stereocenters. The van der Waals surface area contributed by atoms with Crippen LogP contribution in [0.3, 0.4) is 0 Å². The molecule has 1 fully saturated rings. The third-order valence-corrected chi connectivity index (χ3v) is 4.64. The number of hydrogen-bond donors (Lipinski definition) is 1. The van der Waals surface area contributed by atoms with Gasteiger partial charge in [-0.25, -0.2) is 4.79 Å². The van der Waals surface area contributed by atoms with Crippen LogP contribution >= 0.6 is 0 Å². The maximum atomic E-state index is 12.2. The first-order valence-corrected chi connectivity index (χ1v) is 8.53. The molecule has 1 aromatic carbocycles. The van der Waals surface area contributed by atoms with E-state index in [2.05, 4.69) is 30.1 Å². The summed E-state index contributed by atoms with van der Waals surface area (Å²) in [5.41, 5.74) is 1.17. The van der Waals surface area contributed by atoms with Crippen LogP contribution in [-0.4, -0.2) is 61.7 Å². The summed E-state index contributed by atoms with van der Waals surface area (Å²) in [6.07, 6.45) is 1.97. The number of benzene rings is 1. The monoisotopic (exact) mass is 319 g/mol. The Morgan fingerprint density at radius 3 is 2.70 bits per heavy atom. The van der Waals surface area contributed by atoms with Gasteiger partial charge in [0, 0.05) is 38.8 Å². The normalized spacial score (nSPS) is 16.9. The topological polar surface area (TPSA) is 44.8 Å². The lowest BCUT2D eigenvalue weighted by molar-refractivity contribution is 0.112. The Labute approximate surface area is 139 Å². The van der Waals surface area contributed by atoms with Gasteiger partial charge in [0.2, 0.25) is 0 Å². The number of nitrogens with one attached hydrogen (secondary N) is 1. The van der Waals surface area contributed by atoms with E-state index in [0.717, 1.165) is 44.8 Å². The first-order chi connectivity index (χ1) is 11.1. The van der Waals surface area contributed by atoms with E-state index in [9.17, 15) is 4.79 Å². The lowest BCUT2D eigenvalue weighted by Crippen LogP contribution is -2.53. The summed E-state index contributed by atoms with van der Waals surface area (Å²) in [6.45, 7) is 8.69. The first kappa shape index (κ1) is 17.6. The maximum absolute atomic E-state index is 12.2. The molecule has 1 aliphatic heterocycles. The van der Waals surface area contributed by atoms with Crippen molar-refractivity contribution in [1.82, 2.24) is 15.1 Å². The first-order valence-electron chi connectivity index (χ1n) is 8.53.